The van der Waals surface area contributed by atoms with E-state index in [1.165, 1.54) is 6.92 Å². The molecule has 3 aromatic rings. The molecule has 30 heavy (non-hydrogen) atoms. The van der Waals surface area contributed by atoms with E-state index >= 15 is 0 Å². The molecule has 0 aliphatic carbocycles. The van der Waals surface area contributed by atoms with Crippen molar-refractivity contribution in [2.75, 3.05) is 26.2 Å². The third-order valence-electron chi connectivity index (χ3n) is 5.05. The van der Waals surface area contributed by atoms with Crippen molar-refractivity contribution in [1.29, 1.82) is 0 Å². The fourth-order valence-corrected chi connectivity index (χ4v) is 3.53. The number of benzene rings is 1. The SMILES string of the molecule is CC(=O)OCc1ccc(CN2CCCN(Cc3noc(-c4ccccc4)n3)CC2)o1. The van der Waals surface area contributed by atoms with Crippen LogP contribution in [-0.4, -0.2) is 52.1 Å². The lowest BCUT2D eigenvalue weighted by atomic mass is 10.2. The number of carbonyl (C=O) groups excluding carboxylic acids is 1. The second-order valence-electron chi connectivity index (χ2n) is 7.44. The molecule has 1 fully saturated rings. The summed E-state index contributed by atoms with van der Waals surface area (Å²) >= 11 is 0. The molecule has 0 bridgehead atoms. The Morgan fingerprint density at radius 1 is 1.00 bits per heavy atom. The second-order valence-corrected chi connectivity index (χ2v) is 7.44. The van der Waals surface area contributed by atoms with Gasteiger partial charge in [0.2, 0.25) is 0 Å². The number of esters is 1. The van der Waals surface area contributed by atoms with Crippen molar-refractivity contribution in [3.8, 4) is 11.5 Å². The molecule has 1 aliphatic rings. The number of nitrogens with zero attached hydrogens (tertiary/aromatic N) is 4. The monoisotopic (exact) mass is 410 g/mol. The van der Waals surface area contributed by atoms with Crippen molar-refractivity contribution < 1.29 is 18.5 Å². The van der Waals surface area contributed by atoms with Gasteiger partial charge in [0.25, 0.3) is 5.89 Å². The van der Waals surface area contributed by atoms with Gasteiger partial charge < -0.3 is 13.7 Å². The molecule has 0 amide bonds. The molecule has 158 valence electrons. The van der Waals surface area contributed by atoms with Crippen LogP contribution in [0.1, 0.15) is 30.7 Å². The summed E-state index contributed by atoms with van der Waals surface area (Å²) in [6.07, 6.45) is 1.06. The van der Waals surface area contributed by atoms with Crippen LogP contribution in [0.15, 0.2) is 51.4 Å². The molecule has 1 aromatic carbocycles. The summed E-state index contributed by atoms with van der Waals surface area (Å²) in [6, 6.07) is 13.6. The fourth-order valence-electron chi connectivity index (χ4n) is 3.53. The topological polar surface area (TPSA) is 84.8 Å². The molecule has 0 spiro atoms. The molecule has 0 radical (unpaired) electrons. The van der Waals surface area contributed by atoms with Crippen molar-refractivity contribution >= 4 is 5.97 Å². The van der Waals surface area contributed by atoms with Gasteiger partial charge in [0, 0.05) is 25.6 Å². The Kier molecular flexibility index (Phi) is 6.56. The zero-order chi connectivity index (χ0) is 20.8. The standard InChI is InChI=1S/C22H26N4O4/c1-17(27)28-16-20-9-8-19(29-20)14-25-10-5-11-26(13-12-25)15-21-23-22(30-24-21)18-6-3-2-4-7-18/h2-4,6-9H,5,10-16H2,1H3. The molecule has 3 heterocycles. The number of hydrogen-bond acceptors (Lipinski definition) is 8. The average Bonchev–Trinajstić information content (AvgIpc) is 3.34. The first-order valence-electron chi connectivity index (χ1n) is 10.2. The number of ether oxygens (including phenoxy) is 1. The van der Waals surface area contributed by atoms with Gasteiger partial charge in [0.1, 0.15) is 18.1 Å². The highest BCUT2D eigenvalue weighted by Gasteiger charge is 2.18. The van der Waals surface area contributed by atoms with Gasteiger partial charge in [0.05, 0.1) is 13.1 Å². The van der Waals surface area contributed by atoms with Crippen LogP contribution in [0.2, 0.25) is 0 Å². The summed E-state index contributed by atoms with van der Waals surface area (Å²) in [5.41, 5.74) is 0.935. The summed E-state index contributed by atoms with van der Waals surface area (Å²) < 4.78 is 16.2. The van der Waals surface area contributed by atoms with Crippen molar-refractivity contribution in [3.63, 3.8) is 0 Å². The van der Waals surface area contributed by atoms with E-state index in [1.807, 2.05) is 42.5 Å². The predicted octanol–water partition coefficient (Wildman–Crippen LogP) is 3.10. The van der Waals surface area contributed by atoms with Gasteiger partial charge in [-0.25, -0.2) is 0 Å². The first-order chi connectivity index (χ1) is 14.7. The quantitative estimate of drug-likeness (QED) is 0.550. The molecular formula is C22H26N4O4. The Bertz CT molecular complexity index is 953. The van der Waals surface area contributed by atoms with Gasteiger partial charge in [-0.05, 0) is 43.8 Å². The number of rotatable bonds is 7. The summed E-state index contributed by atoms with van der Waals surface area (Å²) in [7, 11) is 0. The lowest BCUT2D eigenvalue weighted by Gasteiger charge is -2.20. The van der Waals surface area contributed by atoms with Crippen molar-refractivity contribution in [3.05, 3.63) is 59.8 Å². The van der Waals surface area contributed by atoms with Crippen LogP contribution in [0.5, 0.6) is 0 Å². The second kappa shape index (κ2) is 9.69. The minimum absolute atomic E-state index is 0.179. The summed E-state index contributed by atoms with van der Waals surface area (Å²) in [4.78, 5) is 20.2. The number of hydrogen-bond donors (Lipinski definition) is 0. The van der Waals surface area contributed by atoms with E-state index < -0.39 is 0 Å². The summed E-state index contributed by atoms with van der Waals surface area (Å²) in [5, 5.41) is 4.14. The Labute approximate surface area is 175 Å². The molecule has 0 atom stereocenters. The molecule has 0 N–H and O–H groups in total. The Balaban J connectivity index is 1.27. The van der Waals surface area contributed by atoms with Gasteiger partial charge in [-0.3, -0.25) is 14.6 Å². The lowest BCUT2D eigenvalue weighted by Crippen LogP contribution is -2.30. The first-order valence-corrected chi connectivity index (χ1v) is 10.2. The molecular weight excluding hydrogens is 384 g/mol. The average molecular weight is 410 g/mol. The molecule has 8 heteroatoms. The highest BCUT2D eigenvalue weighted by Crippen LogP contribution is 2.18. The van der Waals surface area contributed by atoms with E-state index in [2.05, 4.69) is 19.9 Å². The number of aromatic nitrogens is 2. The van der Waals surface area contributed by atoms with Crippen LogP contribution >= 0.6 is 0 Å². The van der Waals surface area contributed by atoms with Crippen molar-refractivity contribution in [2.24, 2.45) is 0 Å². The molecule has 2 aromatic heterocycles. The predicted molar refractivity (Wildman–Crippen MR) is 109 cm³/mol. The summed E-state index contributed by atoms with van der Waals surface area (Å²) in [5.74, 6) is 2.52. The van der Waals surface area contributed by atoms with Gasteiger partial charge in [-0.2, -0.15) is 4.98 Å². The molecule has 0 unspecified atom stereocenters. The number of carbonyl (C=O) groups is 1. The molecule has 8 nitrogen and oxygen atoms in total. The zero-order valence-electron chi connectivity index (χ0n) is 17.1. The van der Waals surface area contributed by atoms with Crippen LogP contribution in [0.4, 0.5) is 0 Å². The summed E-state index contributed by atoms with van der Waals surface area (Å²) in [6.45, 7) is 6.84. The smallest absolute Gasteiger partial charge is 0.303 e. The van der Waals surface area contributed by atoms with Gasteiger partial charge in [0.15, 0.2) is 5.82 Å². The fraction of sp³-hybridized carbons (Fsp3) is 0.409. The maximum Gasteiger partial charge on any atom is 0.303 e. The Morgan fingerprint density at radius 3 is 2.50 bits per heavy atom. The highest BCUT2D eigenvalue weighted by atomic mass is 16.5. The minimum atomic E-state index is -0.307. The van der Waals surface area contributed by atoms with Crippen LogP contribution in [0.25, 0.3) is 11.5 Å². The molecule has 4 rings (SSSR count). The maximum atomic E-state index is 10.9. The Morgan fingerprint density at radius 2 is 1.73 bits per heavy atom. The van der Waals surface area contributed by atoms with Crippen LogP contribution in [-0.2, 0) is 29.2 Å². The molecule has 1 saturated heterocycles. The lowest BCUT2D eigenvalue weighted by molar-refractivity contribution is -0.142. The van der Waals surface area contributed by atoms with E-state index in [1.54, 1.807) is 0 Å². The van der Waals surface area contributed by atoms with Crippen LogP contribution in [0, 0.1) is 0 Å². The van der Waals surface area contributed by atoms with E-state index in [4.69, 9.17) is 13.7 Å². The largest absolute Gasteiger partial charge is 0.461 e. The third kappa shape index (κ3) is 5.55. The Hall–Kier alpha value is -2.97. The molecule has 1 aliphatic heterocycles. The third-order valence-corrected chi connectivity index (χ3v) is 5.05. The van der Waals surface area contributed by atoms with E-state index in [0.29, 0.717) is 24.0 Å². The van der Waals surface area contributed by atoms with Crippen LogP contribution < -0.4 is 0 Å². The van der Waals surface area contributed by atoms with Crippen LogP contribution in [0.3, 0.4) is 0 Å². The van der Waals surface area contributed by atoms with Gasteiger partial charge in [-0.15, -0.1) is 0 Å². The van der Waals surface area contributed by atoms with E-state index in [9.17, 15) is 4.79 Å². The maximum absolute atomic E-state index is 10.9. The van der Waals surface area contributed by atoms with E-state index in [-0.39, 0.29) is 12.6 Å². The highest BCUT2D eigenvalue weighted by molar-refractivity contribution is 5.65. The van der Waals surface area contributed by atoms with Crippen molar-refractivity contribution in [1.82, 2.24) is 19.9 Å². The normalized spacial score (nSPS) is 15.8. The minimum Gasteiger partial charge on any atom is -0.461 e. The van der Waals surface area contributed by atoms with Gasteiger partial charge >= 0.3 is 5.97 Å². The zero-order valence-corrected chi connectivity index (χ0v) is 17.1. The van der Waals surface area contributed by atoms with Gasteiger partial charge in [-0.1, -0.05) is 23.4 Å². The van der Waals surface area contributed by atoms with Crippen molar-refractivity contribution in [2.45, 2.75) is 33.0 Å². The number of furan rings is 1. The first kappa shape index (κ1) is 20.3. The van der Waals surface area contributed by atoms with E-state index in [0.717, 1.165) is 50.5 Å². The molecule has 0 saturated carbocycles.